The zero-order valence-corrected chi connectivity index (χ0v) is 11.7. The van der Waals surface area contributed by atoms with Gasteiger partial charge in [0.15, 0.2) is 5.01 Å². The standard InChI is InChI=1S/C14H14N4S/c1-3-6-12-17-18-14(19-12)13-9(2)15-10-7-4-5-8-11(10)16-13/h4-5,7-8H,3,6H2,1-2H3. The lowest BCUT2D eigenvalue weighted by Gasteiger charge is -2.02. The summed E-state index contributed by atoms with van der Waals surface area (Å²) < 4.78 is 0. The largest absolute Gasteiger partial charge is 0.249 e. The van der Waals surface area contributed by atoms with E-state index in [1.165, 1.54) is 0 Å². The van der Waals surface area contributed by atoms with E-state index in [2.05, 4.69) is 27.1 Å². The Morgan fingerprint density at radius 1 is 1.05 bits per heavy atom. The van der Waals surface area contributed by atoms with Crippen LogP contribution in [0.4, 0.5) is 0 Å². The van der Waals surface area contributed by atoms with Gasteiger partial charge in [-0.25, -0.2) is 9.97 Å². The van der Waals surface area contributed by atoms with Gasteiger partial charge in [0.25, 0.3) is 0 Å². The monoisotopic (exact) mass is 270 g/mol. The molecule has 96 valence electrons. The van der Waals surface area contributed by atoms with Crippen LogP contribution in [0.1, 0.15) is 24.0 Å². The fraction of sp³-hybridized carbons (Fsp3) is 0.286. The Bertz CT molecular complexity index is 720. The van der Waals surface area contributed by atoms with Crippen LogP contribution in [0.15, 0.2) is 24.3 Å². The Hall–Kier alpha value is -1.88. The molecule has 0 atom stereocenters. The van der Waals surface area contributed by atoms with Gasteiger partial charge in [-0.2, -0.15) is 0 Å². The third-order valence-corrected chi connectivity index (χ3v) is 3.87. The van der Waals surface area contributed by atoms with Crippen molar-refractivity contribution in [1.29, 1.82) is 0 Å². The van der Waals surface area contributed by atoms with Gasteiger partial charge in [-0.05, 0) is 25.5 Å². The van der Waals surface area contributed by atoms with Crippen LogP contribution >= 0.6 is 11.3 Å². The molecule has 0 fully saturated rings. The second-order valence-electron chi connectivity index (χ2n) is 4.40. The van der Waals surface area contributed by atoms with Crippen LogP contribution in [-0.2, 0) is 6.42 Å². The Kier molecular flexibility index (Phi) is 3.21. The van der Waals surface area contributed by atoms with Gasteiger partial charge in [-0.3, -0.25) is 0 Å². The lowest BCUT2D eigenvalue weighted by Crippen LogP contribution is -1.93. The number of aryl methyl sites for hydroxylation is 2. The van der Waals surface area contributed by atoms with Gasteiger partial charge >= 0.3 is 0 Å². The van der Waals surface area contributed by atoms with Crippen LogP contribution in [0.5, 0.6) is 0 Å². The Morgan fingerprint density at radius 2 is 1.79 bits per heavy atom. The average molecular weight is 270 g/mol. The maximum Gasteiger partial charge on any atom is 0.168 e. The lowest BCUT2D eigenvalue weighted by molar-refractivity contribution is 0.878. The molecule has 0 unspecified atom stereocenters. The number of hydrogen-bond donors (Lipinski definition) is 0. The van der Waals surface area contributed by atoms with E-state index in [0.717, 1.165) is 45.3 Å². The minimum atomic E-state index is 0.846. The summed E-state index contributed by atoms with van der Waals surface area (Å²) in [5, 5.41) is 10.4. The average Bonchev–Trinajstić information content (AvgIpc) is 2.87. The molecule has 0 amide bonds. The van der Waals surface area contributed by atoms with E-state index in [1.54, 1.807) is 11.3 Å². The van der Waals surface area contributed by atoms with Crippen molar-refractivity contribution in [2.45, 2.75) is 26.7 Å². The Labute approximate surface area is 115 Å². The van der Waals surface area contributed by atoms with Crippen molar-refractivity contribution in [3.63, 3.8) is 0 Å². The number of aromatic nitrogens is 4. The third-order valence-electron chi connectivity index (χ3n) is 2.88. The second kappa shape index (κ2) is 5.01. The number of hydrogen-bond acceptors (Lipinski definition) is 5. The van der Waals surface area contributed by atoms with Crippen molar-refractivity contribution in [2.75, 3.05) is 0 Å². The molecule has 0 spiro atoms. The number of para-hydroxylation sites is 2. The van der Waals surface area contributed by atoms with E-state index in [-0.39, 0.29) is 0 Å². The van der Waals surface area contributed by atoms with Crippen molar-refractivity contribution in [3.05, 3.63) is 35.0 Å². The summed E-state index contributed by atoms with van der Waals surface area (Å²) in [4.78, 5) is 9.25. The topological polar surface area (TPSA) is 51.6 Å². The van der Waals surface area contributed by atoms with Crippen LogP contribution in [-0.4, -0.2) is 20.2 Å². The molecule has 1 aromatic carbocycles. The normalized spacial score (nSPS) is 11.1. The maximum absolute atomic E-state index is 4.66. The van der Waals surface area contributed by atoms with Crippen LogP contribution in [0.3, 0.4) is 0 Å². The zero-order chi connectivity index (χ0) is 13.2. The second-order valence-corrected chi connectivity index (χ2v) is 5.46. The van der Waals surface area contributed by atoms with Crippen molar-refractivity contribution in [3.8, 4) is 10.7 Å². The molecule has 5 heteroatoms. The first-order chi connectivity index (χ1) is 9.28. The van der Waals surface area contributed by atoms with Gasteiger partial charge < -0.3 is 0 Å². The molecule has 0 aliphatic rings. The summed E-state index contributed by atoms with van der Waals surface area (Å²) in [6.07, 6.45) is 2.05. The summed E-state index contributed by atoms with van der Waals surface area (Å²) in [6.45, 7) is 4.11. The van der Waals surface area contributed by atoms with Crippen LogP contribution in [0, 0.1) is 6.92 Å². The lowest BCUT2D eigenvalue weighted by atomic mass is 10.2. The highest BCUT2D eigenvalue weighted by atomic mass is 32.1. The molecule has 0 radical (unpaired) electrons. The van der Waals surface area contributed by atoms with E-state index in [0.29, 0.717) is 0 Å². The van der Waals surface area contributed by atoms with E-state index in [9.17, 15) is 0 Å². The molecule has 19 heavy (non-hydrogen) atoms. The molecule has 2 aromatic heterocycles. The predicted octanol–water partition coefficient (Wildman–Crippen LogP) is 3.41. The molecular formula is C14H14N4S. The van der Waals surface area contributed by atoms with E-state index in [4.69, 9.17) is 0 Å². The molecule has 0 saturated heterocycles. The quantitative estimate of drug-likeness (QED) is 0.732. The summed E-state index contributed by atoms with van der Waals surface area (Å²) in [5.74, 6) is 0. The first-order valence-corrected chi connectivity index (χ1v) is 7.15. The van der Waals surface area contributed by atoms with Gasteiger partial charge in [-0.1, -0.05) is 30.4 Å². The van der Waals surface area contributed by atoms with Gasteiger partial charge in [0.1, 0.15) is 10.7 Å². The highest BCUT2D eigenvalue weighted by Crippen LogP contribution is 2.26. The predicted molar refractivity (Wildman–Crippen MR) is 77.2 cm³/mol. The molecule has 2 heterocycles. The van der Waals surface area contributed by atoms with Crippen molar-refractivity contribution >= 4 is 22.4 Å². The first-order valence-electron chi connectivity index (χ1n) is 6.34. The molecule has 0 aliphatic carbocycles. The van der Waals surface area contributed by atoms with Gasteiger partial charge in [0.2, 0.25) is 0 Å². The number of nitrogens with zero attached hydrogens (tertiary/aromatic N) is 4. The highest BCUT2D eigenvalue weighted by Gasteiger charge is 2.12. The fourth-order valence-electron chi connectivity index (χ4n) is 1.95. The third kappa shape index (κ3) is 2.33. The highest BCUT2D eigenvalue weighted by molar-refractivity contribution is 7.14. The summed E-state index contributed by atoms with van der Waals surface area (Å²) in [7, 11) is 0. The molecule has 0 aliphatic heterocycles. The van der Waals surface area contributed by atoms with Crippen molar-refractivity contribution in [1.82, 2.24) is 20.2 Å². The van der Waals surface area contributed by atoms with E-state index < -0.39 is 0 Å². The molecule has 0 N–H and O–H groups in total. The SMILES string of the molecule is CCCc1nnc(-c2nc3ccccc3nc2C)s1. The molecule has 0 bridgehead atoms. The molecule has 3 aromatic rings. The number of fused-ring (bicyclic) bond motifs is 1. The maximum atomic E-state index is 4.66. The molecular weight excluding hydrogens is 256 g/mol. The molecule has 0 saturated carbocycles. The Morgan fingerprint density at radius 3 is 2.53 bits per heavy atom. The van der Waals surface area contributed by atoms with Crippen LogP contribution in [0.2, 0.25) is 0 Å². The summed E-state index contributed by atoms with van der Waals surface area (Å²) in [6, 6.07) is 7.89. The van der Waals surface area contributed by atoms with Crippen molar-refractivity contribution in [2.24, 2.45) is 0 Å². The summed E-state index contributed by atoms with van der Waals surface area (Å²) >= 11 is 1.61. The zero-order valence-electron chi connectivity index (χ0n) is 10.9. The molecule has 4 nitrogen and oxygen atoms in total. The Balaban J connectivity index is 2.10. The summed E-state index contributed by atoms with van der Waals surface area (Å²) in [5.41, 5.74) is 3.56. The van der Waals surface area contributed by atoms with Gasteiger partial charge in [-0.15, -0.1) is 10.2 Å². The number of benzene rings is 1. The van der Waals surface area contributed by atoms with Crippen LogP contribution < -0.4 is 0 Å². The van der Waals surface area contributed by atoms with E-state index in [1.807, 2.05) is 31.2 Å². The van der Waals surface area contributed by atoms with Crippen LogP contribution in [0.25, 0.3) is 21.7 Å². The smallest absolute Gasteiger partial charge is 0.168 e. The van der Waals surface area contributed by atoms with Crippen molar-refractivity contribution < 1.29 is 0 Å². The van der Waals surface area contributed by atoms with Gasteiger partial charge in [0, 0.05) is 6.42 Å². The fourth-order valence-corrected chi connectivity index (χ4v) is 2.94. The molecule has 3 rings (SSSR count). The van der Waals surface area contributed by atoms with E-state index >= 15 is 0 Å². The van der Waals surface area contributed by atoms with Gasteiger partial charge in [0.05, 0.1) is 16.7 Å². The number of rotatable bonds is 3. The minimum Gasteiger partial charge on any atom is -0.249 e. The first kappa shape index (κ1) is 12.2. The minimum absolute atomic E-state index is 0.846.